The van der Waals surface area contributed by atoms with Gasteiger partial charge in [-0.2, -0.15) is 10.2 Å². The molecule has 0 radical (unpaired) electrons. The van der Waals surface area contributed by atoms with Crippen molar-refractivity contribution in [2.24, 2.45) is 0 Å². The Morgan fingerprint density at radius 3 is 2.84 bits per heavy atom. The highest BCUT2D eigenvalue weighted by molar-refractivity contribution is 6.30. The van der Waals surface area contributed by atoms with Crippen molar-refractivity contribution in [3.8, 4) is 23.4 Å². The van der Waals surface area contributed by atoms with E-state index in [0.29, 0.717) is 18.2 Å². The minimum Gasteiger partial charge on any atom is -0.473 e. The maximum Gasteiger partial charge on any atom is 0.352 e. The molecule has 9 heteroatoms. The smallest absolute Gasteiger partial charge is 0.352 e. The van der Waals surface area contributed by atoms with Gasteiger partial charge in [-0.3, -0.25) is 4.57 Å². The van der Waals surface area contributed by atoms with Crippen LogP contribution >= 0.6 is 11.6 Å². The second kappa shape index (κ2) is 8.89. The minimum atomic E-state index is -0.610. The lowest BCUT2D eigenvalue weighted by atomic mass is 10.1. The summed E-state index contributed by atoms with van der Waals surface area (Å²) in [6.45, 7) is 2.83. The normalized spacial score (nSPS) is 15.1. The van der Waals surface area contributed by atoms with Gasteiger partial charge >= 0.3 is 5.69 Å². The molecule has 1 atom stereocenters. The highest BCUT2D eigenvalue weighted by atomic mass is 35.5. The van der Waals surface area contributed by atoms with Gasteiger partial charge in [-0.1, -0.05) is 17.7 Å². The predicted octanol–water partition coefficient (Wildman–Crippen LogP) is 4.51. The Kier molecular flexibility index (Phi) is 6.01. The monoisotopic (exact) mass is 454 g/mol. The molecule has 3 aromatic rings. The van der Waals surface area contributed by atoms with E-state index in [1.165, 1.54) is 12.1 Å². The van der Waals surface area contributed by atoms with E-state index in [1.807, 2.05) is 11.9 Å². The van der Waals surface area contributed by atoms with Gasteiger partial charge < -0.3 is 14.4 Å². The molecule has 1 aromatic heterocycles. The lowest BCUT2D eigenvalue weighted by molar-refractivity contribution is 0.289. The molecule has 0 aliphatic carbocycles. The first-order valence-electron chi connectivity index (χ1n) is 9.99. The van der Waals surface area contributed by atoms with Crippen molar-refractivity contribution in [1.82, 2.24) is 9.55 Å². The van der Waals surface area contributed by atoms with Crippen LogP contribution in [0.4, 0.5) is 10.2 Å². The molecule has 0 spiro atoms. The van der Waals surface area contributed by atoms with Crippen LogP contribution in [0.1, 0.15) is 24.5 Å². The molecule has 0 amide bonds. The van der Waals surface area contributed by atoms with Gasteiger partial charge in [0.05, 0.1) is 10.6 Å². The zero-order chi connectivity index (χ0) is 22.8. The summed E-state index contributed by atoms with van der Waals surface area (Å²) in [6.07, 6.45) is 0.874. The number of anilines is 1. The number of nitriles is 1. The van der Waals surface area contributed by atoms with Gasteiger partial charge in [0.15, 0.2) is 0 Å². The Morgan fingerprint density at radius 2 is 2.09 bits per heavy atom. The van der Waals surface area contributed by atoms with Gasteiger partial charge in [-0.25, -0.2) is 9.18 Å². The van der Waals surface area contributed by atoms with E-state index in [1.54, 1.807) is 28.8 Å². The second-order valence-electron chi connectivity index (χ2n) is 7.54. The number of aromatic nitrogens is 2. The van der Waals surface area contributed by atoms with Gasteiger partial charge in [0.2, 0.25) is 5.88 Å². The van der Waals surface area contributed by atoms with E-state index in [9.17, 15) is 14.4 Å². The van der Waals surface area contributed by atoms with E-state index >= 15 is 0 Å². The molecule has 1 aliphatic heterocycles. The number of nitrogens with zero attached hydrogens (tertiary/aromatic N) is 4. The SMILES string of the molecule is C[C@H]1CCn2c(cc(OCc3ccc(Oc4ccc(Cl)c(F)c4)c(C#N)c3)nc2=O)N1C. The number of hydrogen-bond acceptors (Lipinski definition) is 6. The van der Waals surface area contributed by atoms with Crippen LogP contribution in [-0.4, -0.2) is 22.6 Å². The first-order chi connectivity index (χ1) is 15.4. The Bertz CT molecular complexity index is 1270. The van der Waals surface area contributed by atoms with Crippen molar-refractivity contribution in [1.29, 1.82) is 5.26 Å². The molecule has 0 N–H and O–H groups in total. The van der Waals surface area contributed by atoms with Gasteiger partial charge in [0, 0.05) is 31.8 Å². The predicted molar refractivity (Wildman–Crippen MR) is 118 cm³/mol. The zero-order valence-electron chi connectivity index (χ0n) is 17.5. The summed E-state index contributed by atoms with van der Waals surface area (Å²) in [4.78, 5) is 18.4. The molecule has 0 fully saturated rings. The van der Waals surface area contributed by atoms with Crippen molar-refractivity contribution >= 4 is 17.4 Å². The van der Waals surface area contributed by atoms with Crippen molar-refractivity contribution in [2.45, 2.75) is 32.5 Å². The molecule has 1 aliphatic rings. The van der Waals surface area contributed by atoms with Crippen molar-refractivity contribution in [3.63, 3.8) is 0 Å². The lowest BCUT2D eigenvalue weighted by Gasteiger charge is -2.34. The third-order valence-electron chi connectivity index (χ3n) is 5.43. The third-order valence-corrected chi connectivity index (χ3v) is 5.74. The first kappa shape index (κ1) is 21.7. The zero-order valence-corrected chi connectivity index (χ0v) is 18.3. The summed E-state index contributed by atoms with van der Waals surface area (Å²) < 4.78 is 26.6. The summed E-state index contributed by atoms with van der Waals surface area (Å²) in [5.74, 6) is 0.873. The van der Waals surface area contributed by atoms with Gasteiger partial charge in [-0.15, -0.1) is 0 Å². The number of benzene rings is 2. The molecule has 2 heterocycles. The highest BCUT2D eigenvalue weighted by Gasteiger charge is 2.22. The van der Waals surface area contributed by atoms with Gasteiger partial charge in [0.25, 0.3) is 0 Å². The molecule has 164 valence electrons. The first-order valence-corrected chi connectivity index (χ1v) is 10.4. The van der Waals surface area contributed by atoms with Crippen LogP contribution in [0, 0.1) is 17.1 Å². The molecule has 0 unspecified atom stereocenters. The Hall–Kier alpha value is -3.57. The Morgan fingerprint density at radius 1 is 1.28 bits per heavy atom. The van der Waals surface area contributed by atoms with E-state index in [-0.39, 0.29) is 40.3 Å². The largest absolute Gasteiger partial charge is 0.473 e. The number of fused-ring (bicyclic) bond motifs is 1. The molecule has 0 bridgehead atoms. The van der Waals surface area contributed by atoms with Gasteiger partial charge in [-0.05, 0) is 43.2 Å². The summed E-state index contributed by atoms with van der Waals surface area (Å²) in [6, 6.07) is 13.1. The second-order valence-corrected chi connectivity index (χ2v) is 7.95. The molecule has 2 aromatic carbocycles. The summed E-state index contributed by atoms with van der Waals surface area (Å²) in [7, 11) is 1.93. The summed E-state index contributed by atoms with van der Waals surface area (Å²) in [5.41, 5.74) is 0.596. The van der Waals surface area contributed by atoms with Crippen molar-refractivity contribution in [2.75, 3.05) is 11.9 Å². The molecular weight excluding hydrogens is 435 g/mol. The van der Waals surface area contributed by atoms with E-state index in [0.717, 1.165) is 18.3 Å². The summed E-state index contributed by atoms with van der Waals surface area (Å²) in [5, 5.41) is 9.49. The van der Waals surface area contributed by atoms with Crippen LogP contribution in [-0.2, 0) is 13.2 Å². The molecular formula is C23H20ClFN4O3. The fourth-order valence-electron chi connectivity index (χ4n) is 3.45. The average Bonchev–Trinajstić information content (AvgIpc) is 2.78. The van der Waals surface area contributed by atoms with E-state index < -0.39 is 5.82 Å². The van der Waals surface area contributed by atoms with Gasteiger partial charge in [0.1, 0.15) is 35.8 Å². The molecule has 32 heavy (non-hydrogen) atoms. The topological polar surface area (TPSA) is 80.4 Å². The van der Waals surface area contributed by atoms with Crippen LogP contribution in [0.15, 0.2) is 47.3 Å². The number of rotatable bonds is 5. The maximum atomic E-state index is 13.6. The lowest BCUT2D eigenvalue weighted by Crippen LogP contribution is -2.41. The molecule has 7 nitrogen and oxygen atoms in total. The highest BCUT2D eigenvalue weighted by Crippen LogP contribution is 2.29. The van der Waals surface area contributed by atoms with Crippen LogP contribution < -0.4 is 20.1 Å². The van der Waals surface area contributed by atoms with Crippen LogP contribution in [0.5, 0.6) is 17.4 Å². The van der Waals surface area contributed by atoms with E-state index in [2.05, 4.69) is 18.0 Å². The average molecular weight is 455 g/mol. The van der Waals surface area contributed by atoms with Crippen LogP contribution in [0.25, 0.3) is 0 Å². The van der Waals surface area contributed by atoms with Crippen molar-refractivity contribution in [3.05, 3.63) is 74.9 Å². The molecule has 0 saturated carbocycles. The Balaban J connectivity index is 1.51. The van der Waals surface area contributed by atoms with Crippen LogP contribution in [0.3, 0.4) is 0 Å². The fraction of sp³-hybridized carbons (Fsp3) is 0.261. The number of ether oxygens (including phenoxy) is 2. The number of halogens is 2. The number of hydrogen-bond donors (Lipinski definition) is 0. The molecule has 4 rings (SSSR count). The third kappa shape index (κ3) is 4.39. The van der Waals surface area contributed by atoms with Crippen LogP contribution in [0.2, 0.25) is 5.02 Å². The molecule has 0 saturated heterocycles. The minimum absolute atomic E-state index is 0.0126. The van der Waals surface area contributed by atoms with Crippen molar-refractivity contribution < 1.29 is 13.9 Å². The fourth-order valence-corrected chi connectivity index (χ4v) is 3.57. The summed E-state index contributed by atoms with van der Waals surface area (Å²) >= 11 is 5.69. The van der Waals surface area contributed by atoms with E-state index in [4.69, 9.17) is 21.1 Å². The standard InChI is InChI=1S/C23H20ClFN4O3/c1-14-7-8-29-22(28(14)2)11-21(27-23(29)30)31-13-15-3-6-20(16(9-15)12-26)32-17-4-5-18(24)19(25)10-17/h3-6,9-11,14H,7-8,13H2,1-2H3/t14-/m0/s1. The quantitative estimate of drug-likeness (QED) is 0.564. The Labute approximate surface area is 189 Å². The maximum absolute atomic E-state index is 13.6.